The molecule has 0 radical (unpaired) electrons. The van der Waals surface area contributed by atoms with Crippen LogP contribution < -0.4 is 10.1 Å². The fourth-order valence-corrected chi connectivity index (χ4v) is 4.74. The highest BCUT2D eigenvalue weighted by atomic mass is 32.2. The number of nitrogens with zero attached hydrogens (tertiary/aromatic N) is 7. The number of fused-ring (bicyclic) bond motifs is 1. The van der Waals surface area contributed by atoms with E-state index < -0.39 is 0 Å². The average molecular weight is 491 g/mol. The summed E-state index contributed by atoms with van der Waals surface area (Å²) in [6, 6.07) is 15.2. The Hall–Kier alpha value is -3.73. The van der Waals surface area contributed by atoms with Gasteiger partial charge in [0.1, 0.15) is 17.3 Å². The zero-order chi connectivity index (χ0) is 24.0. The van der Waals surface area contributed by atoms with E-state index in [-0.39, 0.29) is 11.7 Å². The molecule has 0 aliphatic carbocycles. The number of thioether (sulfide) groups is 1. The molecular formula is C24H26N8O2S. The van der Waals surface area contributed by atoms with Crippen molar-refractivity contribution in [2.45, 2.75) is 44.3 Å². The van der Waals surface area contributed by atoms with Crippen molar-refractivity contribution in [1.29, 1.82) is 0 Å². The number of para-hydroxylation sites is 2. The topological polar surface area (TPSA) is 113 Å². The Bertz CT molecular complexity index is 1300. The predicted octanol–water partition coefficient (Wildman–Crippen LogP) is 3.78. The van der Waals surface area contributed by atoms with Crippen LogP contribution in [0.25, 0.3) is 17.1 Å². The third-order valence-corrected chi connectivity index (χ3v) is 6.62. The van der Waals surface area contributed by atoms with Crippen molar-refractivity contribution in [2.24, 2.45) is 0 Å². The van der Waals surface area contributed by atoms with Gasteiger partial charge < -0.3 is 14.6 Å². The molecule has 0 atom stereocenters. The number of ether oxygens (including phenoxy) is 1. The lowest BCUT2D eigenvalue weighted by molar-refractivity contribution is -0.113. The van der Waals surface area contributed by atoms with Crippen LogP contribution in [0.5, 0.6) is 5.75 Å². The van der Waals surface area contributed by atoms with Gasteiger partial charge in [0.15, 0.2) is 5.82 Å². The van der Waals surface area contributed by atoms with E-state index >= 15 is 0 Å². The molecule has 3 heterocycles. The number of amides is 1. The van der Waals surface area contributed by atoms with Gasteiger partial charge in [-0.25, -0.2) is 0 Å². The van der Waals surface area contributed by atoms with Gasteiger partial charge in [0.05, 0.1) is 12.4 Å². The average Bonchev–Trinajstić information content (AvgIpc) is 3.44. The van der Waals surface area contributed by atoms with Crippen LogP contribution in [0.2, 0.25) is 0 Å². The monoisotopic (exact) mass is 490 g/mol. The van der Waals surface area contributed by atoms with Crippen molar-refractivity contribution in [3.63, 3.8) is 0 Å². The minimum Gasteiger partial charge on any atom is -0.492 e. The van der Waals surface area contributed by atoms with Gasteiger partial charge in [-0.15, -0.1) is 15.3 Å². The molecule has 5 rings (SSSR count). The van der Waals surface area contributed by atoms with E-state index in [1.54, 1.807) is 4.68 Å². The van der Waals surface area contributed by atoms with Gasteiger partial charge in [-0.05, 0) is 66.6 Å². The molecule has 35 heavy (non-hydrogen) atoms. The number of nitrogens with one attached hydrogen (secondary N) is 1. The van der Waals surface area contributed by atoms with Crippen LogP contribution in [0, 0.1) is 0 Å². The third kappa shape index (κ3) is 5.19. The van der Waals surface area contributed by atoms with Crippen molar-refractivity contribution in [3.8, 4) is 22.8 Å². The second-order valence-electron chi connectivity index (χ2n) is 8.09. The van der Waals surface area contributed by atoms with Crippen LogP contribution in [0.3, 0.4) is 0 Å². The highest BCUT2D eigenvalue weighted by Crippen LogP contribution is 2.27. The zero-order valence-corrected chi connectivity index (χ0v) is 20.2. The largest absolute Gasteiger partial charge is 0.492 e. The molecule has 1 amide bonds. The first-order valence-corrected chi connectivity index (χ1v) is 12.7. The summed E-state index contributed by atoms with van der Waals surface area (Å²) in [4.78, 5) is 12.6. The van der Waals surface area contributed by atoms with Gasteiger partial charge in [0, 0.05) is 24.2 Å². The molecule has 4 aromatic rings. The summed E-state index contributed by atoms with van der Waals surface area (Å²) in [5.74, 6) is 2.63. The molecule has 1 aliphatic rings. The molecule has 11 heteroatoms. The zero-order valence-electron chi connectivity index (χ0n) is 19.4. The smallest absolute Gasteiger partial charge is 0.234 e. The number of aromatic nitrogens is 7. The van der Waals surface area contributed by atoms with Gasteiger partial charge >= 0.3 is 0 Å². The van der Waals surface area contributed by atoms with Crippen LogP contribution in [-0.2, 0) is 17.8 Å². The molecule has 0 bridgehead atoms. The number of anilines is 1. The maximum atomic E-state index is 12.6. The summed E-state index contributed by atoms with van der Waals surface area (Å²) >= 11 is 1.26. The van der Waals surface area contributed by atoms with Crippen molar-refractivity contribution in [1.82, 2.24) is 35.0 Å². The lowest BCUT2D eigenvalue weighted by Crippen LogP contribution is -2.14. The van der Waals surface area contributed by atoms with Crippen LogP contribution in [-0.4, -0.2) is 53.2 Å². The van der Waals surface area contributed by atoms with Crippen molar-refractivity contribution in [2.75, 3.05) is 17.7 Å². The Kier molecular flexibility index (Phi) is 7.03. The first-order valence-electron chi connectivity index (χ1n) is 11.7. The van der Waals surface area contributed by atoms with Gasteiger partial charge in [-0.2, -0.15) is 4.68 Å². The van der Waals surface area contributed by atoms with E-state index in [0.717, 1.165) is 54.4 Å². The Morgan fingerprint density at radius 2 is 1.91 bits per heavy atom. The Balaban J connectivity index is 1.22. The van der Waals surface area contributed by atoms with Crippen LogP contribution in [0.4, 0.5) is 5.69 Å². The third-order valence-electron chi connectivity index (χ3n) is 5.70. The number of hydrogen-bond donors (Lipinski definition) is 1. The molecule has 1 N–H and O–H groups in total. The lowest BCUT2D eigenvalue weighted by atomic mass is 10.2. The van der Waals surface area contributed by atoms with E-state index in [4.69, 9.17) is 4.74 Å². The van der Waals surface area contributed by atoms with Crippen molar-refractivity contribution >= 4 is 23.4 Å². The van der Waals surface area contributed by atoms with E-state index in [0.29, 0.717) is 17.5 Å². The van der Waals surface area contributed by atoms with Crippen molar-refractivity contribution < 1.29 is 9.53 Å². The SMILES string of the molecule is CCOc1ccccc1-n1nnnc1SCC(=O)Nc1ccc(-c2nnc3n2CCCCC3)cc1. The first kappa shape index (κ1) is 23.0. The molecule has 2 aromatic heterocycles. The Morgan fingerprint density at radius 3 is 2.77 bits per heavy atom. The summed E-state index contributed by atoms with van der Waals surface area (Å²) in [6.07, 6.45) is 4.49. The van der Waals surface area contributed by atoms with E-state index in [1.807, 2.05) is 55.5 Å². The molecule has 0 saturated heterocycles. The summed E-state index contributed by atoms with van der Waals surface area (Å²) in [5, 5.41) is 24.1. The number of hydrogen-bond acceptors (Lipinski definition) is 8. The number of carbonyl (C=O) groups excluding carboxylic acids is 1. The number of rotatable bonds is 8. The summed E-state index contributed by atoms with van der Waals surface area (Å²) in [6.45, 7) is 3.40. The van der Waals surface area contributed by atoms with Gasteiger partial charge in [0.25, 0.3) is 0 Å². The molecular weight excluding hydrogens is 464 g/mol. The number of carbonyl (C=O) groups is 1. The van der Waals surface area contributed by atoms with E-state index in [9.17, 15) is 4.79 Å². The van der Waals surface area contributed by atoms with Gasteiger partial charge in [-0.1, -0.05) is 30.3 Å². The maximum absolute atomic E-state index is 12.6. The fourth-order valence-electron chi connectivity index (χ4n) is 4.06. The van der Waals surface area contributed by atoms with Crippen LogP contribution in [0.1, 0.15) is 32.0 Å². The summed E-state index contributed by atoms with van der Waals surface area (Å²) in [7, 11) is 0. The molecule has 0 saturated carbocycles. The quantitative estimate of drug-likeness (QED) is 0.371. The Morgan fingerprint density at radius 1 is 1.06 bits per heavy atom. The molecule has 0 spiro atoms. The normalized spacial score (nSPS) is 13.2. The second kappa shape index (κ2) is 10.7. The van der Waals surface area contributed by atoms with Gasteiger partial charge in [0.2, 0.25) is 11.1 Å². The van der Waals surface area contributed by atoms with E-state index in [2.05, 4.69) is 35.6 Å². The highest BCUT2D eigenvalue weighted by Gasteiger charge is 2.17. The summed E-state index contributed by atoms with van der Waals surface area (Å²) in [5.41, 5.74) is 2.44. The van der Waals surface area contributed by atoms with Crippen LogP contribution in [0.15, 0.2) is 53.7 Å². The van der Waals surface area contributed by atoms with E-state index in [1.165, 1.54) is 18.2 Å². The molecule has 0 unspecified atom stereocenters. The van der Waals surface area contributed by atoms with Crippen LogP contribution >= 0.6 is 11.8 Å². The minimum atomic E-state index is -0.147. The number of benzene rings is 2. The molecule has 10 nitrogen and oxygen atoms in total. The minimum absolute atomic E-state index is 0.147. The van der Waals surface area contributed by atoms with Crippen molar-refractivity contribution in [3.05, 3.63) is 54.4 Å². The molecule has 180 valence electrons. The highest BCUT2D eigenvalue weighted by molar-refractivity contribution is 7.99. The van der Waals surface area contributed by atoms with Gasteiger partial charge in [-0.3, -0.25) is 4.79 Å². The molecule has 0 fully saturated rings. The molecule has 1 aliphatic heterocycles. The standard InChI is InChI=1S/C24H26N8O2S/c1-2-34-20-9-6-5-8-19(20)32-24(28-29-30-32)35-16-22(33)25-18-13-11-17(12-14-18)23-27-26-21-10-4-3-7-15-31(21)23/h5-6,8-9,11-14H,2-4,7,10,15-16H2,1H3,(H,25,33). The second-order valence-corrected chi connectivity index (χ2v) is 9.03. The summed E-state index contributed by atoms with van der Waals surface area (Å²) < 4.78 is 9.47. The lowest BCUT2D eigenvalue weighted by Gasteiger charge is -2.10. The maximum Gasteiger partial charge on any atom is 0.234 e. The Labute approximate surface area is 207 Å². The molecule has 2 aromatic carbocycles. The first-order chi connectivity index (χ1) is 17.2. The fraction of sp³-hybridized carbons (Fsp3) is 0.333. The number of aryl methyl sites for hydroxylation is 1. The predicted molar refractivity (Wildman–Crippen MR) is 133 cm³/mol. The number of tetrazole rings is 1.